The first kappa shape index (κ1) is 24.4. The molecule has 0 bridgehead atoms. The number of carbonyl (C=O) groups is 1. The van der Waals surface area contributed by atoms with Crippen molar-refractivity contribution in [3.63, 3.8) is 0 Å². The second kappa shape index (κ2) is 11.2. The molecule has 3 aromatic rings. The zero-order valence-corrected chi connectivity index (χ0v) is 22.4. The van der Waals surface area contributed by atoms with Gasteiger partial charge in [-0.1, -0.05) is 0 Å². The number of halogens is 3. The van der Waals surface area contributed by atoms with Crippen molar-refractivity contribution in [3.05, 3.63) is 81.6 Å². The summed E-state index contributed by atoms with van der Waals surface area (Å²) in [4.78, 5) is 21.6. The van der Waals surface area contributed by atoms with Crippen LogP contribution >= 0.6 is 23.2 Å². The molecule has 5 rings (SSSR count). The molecule has 0 atom stereocenters. The van der Waals surface area contributed by atoms with Crippen LogP contribution in [-0.4, -0.2) is 53.5 Å². The molecule has 0 aliphatic carbocycles. The van der Waals surface area contributed by atoms with Gasteiger partial charge in [-0.2, -0.15) is 0 Å². The zero-order valence-electron chi connectivity index (χ0n) is 18.8. The van der Waals surface area contributed by atoms with Gasteiger partial charge in [-0.25, -0.2) is 0 Å². The van der Waals surface area contributed by atoms with Crippen LogP contribution in [0, 0.1) is 0 Å². The summed E-state index contributed by atoms with van der Waals surface area (Å²) in [6, 6.07) is 13.0. The van der Waals surface area contributed by atoms with Crippen LogP contribution in [0.25, 0.3) is 0 Å². The fraction of sp³-hybridized carbons (Fsp3) is 0.280. The third-order valence-electron chi connectivity index (χ3n) is 5.95. The van der Waals surface area contributed by atoms with Crippen LogP contribution in [0.15, 0.2) is 54.9 Å². The zero-order chi connectivity index (χ0) is 24.2. The minimum atomic E-state index is -0.905. The summed E-state index contributed by atoms with van der Waals surface area (Å²) in [6.07, 6.45) is 4.21. The van der Waals surface area contributed by atoms with Gasteiger partial charge in [-0.3, -0.25) is 4.98 Å². The quantitative estimate of drug-likeness (QED) is 0.372. The van der Waals surface area contributed by atoms with Gasteiger partial charge in [0.25, 0.3) is 0 Å². The molecule has 1 aromatic heterocycles. The average Bonchev–Trinajstić information content (AvgIpc) is 3.35. The number of fused-ring (bicyclic) bond motifs is 1. The predicted molar refractivity (Wildman–Crippen MR) is 129 cm³/mol. The number of amides is 1. The minimum absolute atomic E-state index is 0.0318. The Labute approximate surface area is 225 Å². The van der Waals surface area contributed by atoms with E-state index in [4.69, 9.17) is 34.1 Å². The van der Waals surface area contributed by atoms with Crippen molar-refractivity contribution in [3.8, 4) is 17.2 Å². The van der Waals surface area contributed by atoms with Gasteiger partial charge in [0.1, 0.15) is 0 Å². The Morgan fingerprint density at radius 1 is 1.03 bits per heavy atom. The Hall–Kier alpha value is -2.27. The molecule has 7 nitrogen and oxygen atoms in total. The molecule has 0 saturated carbocycles. The van der Waals surface area contributed by atoms with Gasteiger partial charge >= 0.3 is 209 Å². The monoisotopic (exact) mass is 626 g/mol. The van der Waals surface area contributed by atoms with Crippen LogP contribution in [0.4, 0.5) is 0 Å². The van der Waals surface area contributed by atoms with Gasteiger partial charge in [0.15, 0.2) is 0 Å². The summed E-state index contributed by atoms with van der Waals surface area (Å²) in [5, 5.41) is 1.19. The number of pyridine rings is 1. The van der Waals surface area contributed by atoms with Gasteiger partial charge in [-0.05, 0) is 0 Å². The number of ether oxygens (including phenoxy) is 1. The standard InChI is InChI=1S/C25H23Cl2IN3O4/c26-20-2-1-18(21(27)15-20)5-12-33-22-13-19(14-23-24(22)35-28-34-23)25(32)31-10-8-30(9-11-31)16-17-3-6-29-7-4-17/h1-4,6-7,13-15H,5,8-12,16H2/q-1. The van der Waals surface area contributed by atoms with E-state index in [1.807, 2.05) is 23.1 Å². The van der Waals surface area contributed by atoms with E-state index >= 15 is 0 Å². The van der Waals surface area contributed by atoms with Crippen molar-refractivity contribution in [2.24, 2.45) is 0 Å². The fourth-order valence-corrected chi connectivity index (χ4v) is 5.78. The Balaban J connectivity index is 1.23. The number of carbonyl (C=O) groups excluding carboxylic acids is 1. The van der Waals surface area contributed by atoms with Crippen molar-refractivity contribution in [2.45, 2.75) is 13.0 Å². The first-order valence-electron chi connectivity index (χ1n) is 11.2. The van der Waals surface area contributed by atoms with E-state index in [9.17, 15) is 4.79 Å². The van der Waals surface area contributed by atoms with Gasteiger partial charge in [0.2, 0.25) is 0 Å². The summed E-state index contributed by atoms with van der Waals surface area (Å²) in [6.45, 7) is 4.19. The van der Waals surface area contributed by atoms with E-state index in [-0.39, 0.29) is 5.91 Å². The maximum absolute atomic E-state index is 13.3. The molecule has 3 heterocycles. The molecule has 2 aliphatic rings. The van der Waals surface area contributed by atoms with Crippen molar-refractivity contribution in [1.29, 1.82) is 0 Å². The number of nitrogens with zero attached hydrogens (tertiary/aromatic N) is 3. The Morgan fingerprint density at radius 2 is 1.83 bits per heavy atom. The molecule has 0 spiro atoms. The van der Waals surface area contributed by atoms with E-state index in [1.54, 1.807) is 36.7 Å². The van der Waals surface area contributed by atoms with E-state index in [0.717, 1.165) is 25.2 Å². The molecule has 184 valence electrons. The number of rotatable bonds is 7. The predicted octanol–water partition coefficient (Wildman–Crippen LogP) is 1.66. The van der Waals surface area contributed by atoms with Gasteiger partial charge in [0, 0.05) is 12.4 Å². The Morgan fingerprint density at radius 3 is 2.60 bits per heavy atom. The summed E-state index contributed by atoms with van der Waals surface area (Å²) in [5.41, 5.74) is 2.70. The van der Waals surface area contributed by atoms with Crippen molar-refractivity contribution < 1.29 is 37.7 Å². The van der Waals surface area contributed by atoms with Crippen LogP contribution in [0.3, 0.4) is 0 Å². The molecule has 1 amide bonds. The Kier molecular flexibility index (Phi) is 7.81. The van der Waals surface area contributed by atoms with E-state index < -0.39 is 22.0 Å². The number of piperazine rings is 1. The van der Waals surface area contributed by atoms with Crippen LogP contribution < -0.4 is 32.9 Å². The van der Waals surface area contributed by atoms with Crippen molar-refractivity contribution in [1.82, 2.24) is 14.8 Å². The summed E-state index contributed by atoms with van der Waals surface area (Å²) in [7, 11) is 0. The first-order valence-corrected chi connectivity index (χ1v) is 13.7. The second-order valence-electron chi connectivity index (χ2n) is 8.28. The molecule has 0 radical (unpaired) electrons. The Bertz CT molecular complexity index is 1210. The van der Waals surface area contributed by atoms with Crippen LogP contribution in [0.1, 0.15) is 21.5 Å². The van der Waals surface area contributed by atoms with E-state index in [2.05, 4.69) is 9.88 Å². The average molecular weight is 627 g/mol. The molecule has 2 aromatic carbocycles. The van der Waals surface area contributed by atoms with Gasteiger partial charge in [-0.15, -0.1) is 0 Å². The number of hydrogen-bond donors (Lipinski definition) is 0. The molecule has 1 fully saturated rings. The third kappa shape index (κ3) is 5.94. The molecule has 35 heavy (non-hydrogen) atoms. The van der Waals surface area contributed by atoms with Gasteiger partial charge in [0.05, 0.1) is 0 Å². The molecule has 0 N–H and O–H groups in total. The number of aromatic nitrogens is 1. The maximum atomic E-state index is 13.3. The fourth-order valence-electron chi connectivity index (χ4n) is 4.06. The van der Waals surface area contributed by atoms with Crippen LogP contribution in [0.5, 0.6) is 17.2 Å². The SMILES string of the molecule is O=C(c1cc(OCCc2ccc(Cl)cc2Cl)c2c(c1)O[I-]O2)N1CCN(Cc2ccncc2)CC1. The van der Waals surface area contributed by atoms with Crippen LogP contribution in [0.2, 0.25) is 10.0 Å². The van der Waals surface area contributed by atoms with E-state index in [1.165, 1.54) is 5.56 Å². The molecule has 2 aliphatic heterocycles. The summed E-state index contributed by atoms with van der Waals surface area (Å²) >= 11 is 11.4. The normalized spacial score (nSPS) is 15.5. The molecule has 1 saturated heterocycles. The molecule has 10 heteroatoms. The van der Waals surface area contributed by atoms with Crippen molar-refractivity contribution in [2.75, 3.05) is 32.8 Å². The third-order valence-corrected chi connectivity index (χ3v) is 7.81. The molecular formula is C25H23Cl2IN3O4-. The summed E-state index contributed by atoms with van der Waals surface area (Å²) in [5.74, 6) is 1.62. The number of benzene rings is 2. The topological polar surface area (TPSA) is 64.1 Å². The van der Waals surface area contributed by atoms with E-state index in [0.29, 0.717) is 59.0 Å². The molecular weight excluding hydrogens is 604 g/mol. The first-order chi connectivity index (χ1) is 17.1. The summed E-state index contributed by atoms with van der Waals surface area (Å²) < 4.78 is 17.4. The van der Waals surface area contributed by atoms with Gasteiger partial charge < -0.3 is 0 Å². The van der Waals surface area contributed by atoms with Crippen molar-refractivity contribution >= 4 is 29.1 Å². The molecule has 0 unspecified atom stereocenters. The second-order valence-corrected chi connectivity index (χ2v) is 10.4. The van der Waals surface area contributed by atoms with Crippen LogP contribution in [-0.2, 0) is 13.0 Å². The number of hydrogen-bond acceptors (Lipinski definition) is 6.